The molecule has 3 rings (SSSR count). The van der Waals surface area contributed by atoms with Gasteiger partial charge in [-0.05, 0) is 56.5 Å². The Hall–Kier alpha value is -2.81. The molecule has 8 nitrogen and oxygen atoms in total. The number of nitro benzene ring substituents is 1. The van der Waals surface area contributed by atoms with Gasteiger partial charge in [0.25, 0.3) is 15.7 Å². The van der Waals surface area contributed by atoms with Crippen LogP contribution >= 0.6 is 0 Å². The predicted molar refractivity (Wildman–Crippen MR) is 99.9 cm³/mol. The van der Waals surface area contributed by atoms with Crippen molar-refractivity contribution in [2.45, 2.75) is 37.2 Å². The fourth-order valence-electron chi connectivity index (χ4n) is 2.90. The highest BCUT2D eigenvalue weighted by Crippen LogP contribution is 2.35. The van der Waals surface area contributed by atoms with Crippen LogP contribution in [-0.4, -0.2) is 26.1 Å². The molecule has 1 aliphatic heterocycles. The van der Waals surface area contributed by atoms with Crippen LogP contribution in [0.15, 0.2) is 41.3 Å². The maximum atomic E-state index is 12.8. The summed E-state index contributed by atoms with van der Waals surface area (Å²) in [6.45, 7) is 3.97. The van der Waals surface area contributed by atoms with Crippen molar-refractivity contribution >= 4 is 21.4 Å². The van der Waals surface area contributed by atoms with Crippen LogP contribution < -0.4 is 14.2 Å². The van der Waals surface area contributed by atoms with Crippen LogP contribution in [0.4, 0.5) is 11.4 Å². The van der Waals surface area contributed by atoms with Crippen molar-refractivity contribution in [1.29, 1.82) is 0 Å². The molecule has 1 N–H and O–H groups in total. The molecule has 9 heteroatoms. The largest absolute Gasteiger partial charge is 0.495 e. The van der Waals surface area contributed by atoms with Gasteiger partial charge in [-0.2, -0.15) is 0 Å². The summed E-state index contributed by atoms with van der Waals surface area (Å²) in [5, 5.41) is 11.0. The van der Waals surface area contributed by atoms with Crippen molar-refractivity contribution in [2.24, 2.45) is 0 Å². The monoisotopic (exact) mass is 392 g/mol. The van der Waals surface area contributed by atoms with E-state index in [9.17, 15) is 18.5 Å². The molecule has 144 valence electrons. The Morgan fingerprint density at radius 2 is 1.96 bits per heavy atom. The Bertz CT molecular complexity index is 1000. The van der Waals surface area contributed by atoms with E-state index in [1.54, 1.807) is 12.1 Å². The number of methoxy groups -OCH3 is 1. The summed E-state index contributed by atoms with van der Waals surface area (Å²) < 4.78 is 38.9. The lowest BCUT2D eigenvalue weighted by Gasteiger charge is -2.32. The summed E-state index contributed by atoms with van der Waals surface area (Å²) >= 11 is 0. The Balaban J connectivity index is 1.94. The van der Waals surface area contributed by atoms with E-state index in [-0.39, 0.29) is 27.6 Å². The molecule has 0 atom stereocenters. The molecule has 0 aliphatic carbocycles. The third kappa shape index (κ3) is 3.97. The zero-order valence-electron chi connectivity index (χ0n) is 15.2. The molecular formula is C18H20N2O6S. The van der Waals surface area contributed by atoms with Gasteiger partial charge in [-0.25, -0.2) is 8.42 Å². The lowest BCUT2D eigenvalue weighted by atomic mass is 9.94. The van der Waals surface area contributed by atoms with E-state index < -0.39 is 14.9 Å². The van der Waals surface area contributed by atoms with E-state index in [0.717, 1.165) is 18.1 Å². The van der Waals surface area contributed by atoms with Gasteiger partial charge in [-0.1, -0.05) is 0 Å². The van der Waals surface area contributed by atoms with Gasteiger partial charge in [0, 0.05) is 12.1 Å². The highest BCUT2D eigenvalue weighted by atomic mass is 32.2. The van der Waals surface area contributed by atoms with Gasteiger partial charge in [0.15, 0.2) is 0 Å². The number of nitrogens with zero attached hydrogens (tertiary/aromatic N) is 1. The first-order chi connectivity index (χ1) is 12.6. The average Bonchev–Trinajstić information content (AvgIpc) is 2.60. The lowest BCUT2D eigenvalue weighted by molar-refractivity contribution is -0.384. The number of sulfonamides is 1. The van der Waals surface area contributed by atoms with Gasteiger partial charge >= 0.3 is 0 Å². The third-order valence-electron chi connectivity index (χ3n) is 4.36. The minimum atomic E-state index is -3.96. The number of nitrogens with one attached hydrogen (secondary N) is 1. The van der Waals surface area contributed by atoms with Crippen molar-refractivity contribution in [1.82, 2.24) is 0 Å². The highest BCUT2D eigenvalue weighted by Gasteiger charge is 2.28. The second-order valence-electron chi connectivity index (χ2n) is 6.88. The zero-order chi connectivity index (χ0) is 19.8. The molecule has 0 bridgehead atoms. The highest BCUT2D eigenvalue weighted by molar-refractivity contribution is 7.92. The normalized spacial score (nSPS) is 15.4. The fraction of sp³-hybridized carbons (Fsp3) is 0.333. The van der Waals surface area contributed by atoms with Crippen molar-refractivity contribution in [3.63, 3.8) is 0 Å². The number of fused-ring (bicyclic) bond motifs is 1. The molecule has 0 unspecified atom stereocenters. The third-order valence-corrected chi connectivity index (χ3v) is 5.73. The standard InChI is InChI=1S/C18H20N2O6S/c1-18(2)9-8-12-10-14(5-7-16(12)26-18)27(23,24)19-15-11-13(20(21)22)4-6-17(15)25-3/h4-7,10-11,19H,8-9H2,1-3H3. The molecule has 1 heterocycles. The van der Waals surface area contributed by atoms with E-state index >= 15 is 0 Å². The predicted octanol–water partition coefficient (Wildman–Crippen LogP) is 3.51. The molecule has 0 spiro atoms. The second-order valence-corrected chi connectivity index (χ2v) is 8.56. The zero-order valence-corrected chi connectivity index (χ0v) is 16.0. The number of hydrogen-bond acceptors (Lipinski definition) is 6. The molecular weight excluding hydrogens is 372 g/mol. The maximum Gasteiger partial charge on any atom is 0.271 e. The van der Waals surface area contributed by atoms with Crippen molar-refractivity contribution in [3.8, 4) is 11.5 Å². The Morgan fingerprint density at radius 3 is 2.63 bits per heavy atom. The number of aryl methyl sites for hydroxylation is 1. The fourth-order valence-corrected chi connectivity index (χ4v) is 4.01. The van der Waals surface area contributed by atoms with Crippen molar-refractivity contribution < 1.29 is 22.8 Å². The van der Waals surface area contributed by atoms with E-state index in [4.69, 9.17) is 9.47 Å². The van der Waals surface area contributed by atoms with Crippen molar-refractivity contribution in [3.05, 3.63) is 52.1 Å². The molecule has 0 fully saturated rings. The van der Waals surface area contributed by atoms with E-state index in [0.29, 0.717) is 12.2 Å². The maximum absolute atomic E-state index is 12.8. The van der Waals surface area contributed by atoms with Crippen LogP contribution in [0.3, 0.4) is 0 Å². The Labute approximate surface area is 157 Å². The molecule has 0 saturated heterocycles. The number of benzene rings is 2. The summed E-state index contributed by atoms with van der Waals surface area (Å²) in [7, 11) is -2.60. The summed E-state index contributed by atoms with van der Waals surface area (Å²) in [6.07, 6.45) is 1.47. The molecule has 0 aromatic heterocycles. The smallest absolute Gasteiger partial charge is 0.271 e. The Morgan fingerprint density at radius 1 is 1.22 bits per heavy atom. The lowest BCUT2D eigenvalue weighted by Crippen LogP contribution is -2.32. The molecule has 1 aliphatic rings. The second kappa shape index (κ2) is 6.73. The first-order valence-electron chi connectivity index (χ1n) is 8.28. The van der Waals surface area contributed by atoms with Crippen LogP contribution in [0.2, 0.25) is 0 Å². The SMILES string of the molecule is COc1ccc([N+](=O)[O-])cc1NS(=O)(=O)c1ccc2c(c1)CCC(C)(C)O2. The van der Waals surface area contributed by atoms with Crippen LogP contribution in [0.1, 0.15) is 25.8 Å². The van der Waals surface area contributed by atoms with Crippen LogP contribution in [0.5, 0.6) is 11.5 Å². The molecule has 2 aromatic carbocycles. The molecule has 0 saturated carbocycles. The van der Waals surface area contributed by atoms with Gasteiger partial charge in [-0.15, -0.1) is 0 Å². The van der Waals surface area contributed by atoms with Crippen LogP contribution in [0.25, 0.3) is 0 Å². The number of hydrogen-bond donors (Lipinski definition) is 1. The summed E-state index contributed by atoms with van der Waals surface area (Å²) in [5.41, 5.74) is 0.279. The van der Waals surface area contributed by atoms with Gasteiger partial charge in [0.05, 0.1) is 22.6 Å². The van der Waals surface area contributed by atoms with Crippen molar-refractivity contribution in [2.75, 3.05) is 11.8 Å². The van der Waals surface area contributed by atoms with Crippen LogP contribution in [0, 0.1) is 10.1 Å². The topological polar surface area (TPSA) is 108 Å². The summed E-state index contributed by atoms with van der Waals surface area (Å²) in [4.78, 5) is 10.4. The molecule has 0 amide bonds. The quantitative estimate of drug-likeness (QED) is 0.616. The minimum absolute atomic E-state index is 0.00167. The van der Waals surface area contributed by atoms with E-state index in [2.05, 4.69) is 4.72 Å². The number of ether oxygens (including phenoxy) is 2. The molecule has 2 aromatic rings. The van der Waals surface area contributed by atoms with Gasteiger partial charge in [-0.3, -0.25) is 14.8 Å². The average molecular weight is 392 g/mol. The van der Waals surface area contributed by atoms with Gasteiger partial charge in [0.2, 0.25) is 0 Å². The summed E-state index contributed by atoms with van der Waals surface area (Å²) in [5.74, 6) is 0.852. The van der Waals surface area contributed by atoms with Gasteiger partial charge < -0.3 is 9.47 Å². The van der Waals surface area contributed by atoms with Crippen LogP contribution in [-0.2, 0) is 16.4 Å². The Kier molecular flexibility index (Phi) is 4.73. The number of anilines is 1. The molecule has 27 heavy (non-hydrogen) atoms. The van der Waals surface area contributed by atoms with E-state index in [1.807, 2.05) is 13.8 Å². The first kappa shape index (κ1) is 19.0. The molecule has 0 radical (unpaired) electrons. The van der Waals surface area contributed by atoms with Gasteiger partial charge in [0.1, 0.15) is 17.1 Å². The summed E-state index contributed by atoms with van der Waals surface area (Å²) in [6, 6.07) is 8.37. The number of nitro groups is 1. The number of non-ortho nitro benzene ring substituents is 1. The van der Waals surface area contributed by atoms with E-state index in [1.165, 1.54) is 25.3 Å². The minimum Gasteiger partial charge on any atom is -0.495 e. The first-order valence-corrected chi connectivity index (χ1v) is 9.77. The number of rotatable bonds is 5.